The second-order valence-electron chi connectivity index (χ2n) is 3.82. The molecule has 0 aliphatic carbocycles. The van der Waals surface area contributed by atoms with Crippen LogP contribution in [0.15, 0.2) is 0 Å². The number of hydrogen-bond acceptors (Lipinski definition) is 2. The molecule has 0 aromatic heterocycles. The third kappa shape index (κ3) is 6.53. The second-order valence-corrected chi connectivity index (χ2v) is 9.15. The molecular formula is C8H20O2Si. The predicted octanol–water partition coefficient (Wildman–Crippen LogP) is 1.46. The van der Waals surface area contributed by atoms with Crippen LogP contribution in [-0.4, -0.2) is 31.5 Å². The van der Waals surface area contributed by atoms with Crippen molar-refractivity contribution in [1.82, 2.24) is 0 Å². The van der Waals surface area contributed by atoms with Gasteiger partial charge in [-0.3, -0.25) is 0 Å². The van der Waals surface area contributed by atoms with E-state index in [9.17, 15) is 0 Å². The Morgan fingerprint density at radius 3 is 1.55 bits per heavy atom. The molecule has 2 N–H and O–H groups in total. The van der Waals surface area contributed by atoms with Crippen LogP contribution >= 0.6 is 0 Å². The Morgan fingerprint density at radius 1 is 0.909 bits per heavy atom. The maximum atomic E-state index is 8.63. The van der Waals surface area contributed by atoms with Crippen LogP contribution in [0.2, 0.25) is 25.2 Å². The lowest BCUT2D eigenvalue weighted by molar-refractivity contribution is 0.291. The molecule has 0 heterocycles. The highest BCUT2D eigenvalue weighted by atomic mass is 28.3. The molecule has 0 rings (SSSR count). The number of aliphatic hydroxyl groups excluding tert-OH is 2. The zero-order chi connectivity index (χ0) is 8.74. The minimum atomic E-state index is -1.07. The molecule has 68 valence electrons. The molecule has 0 bridgehead atoms. The fourth-order valence-corrected chi connectivity index (χ4v) is 3.72. The first kappa shape index (κ1) is 11.1. The predicted molar refractivity (Wildman–Crippen MR) is 50.5 cm³/mol. The van der Waals surface area contributed by atoms with E-state index in [-0.39, 0.29) is 0 Å². The minimum absolute atomic E-state index is 0.315. The van der Waals surface area contributed by atoms with Crippen LogP contribution in [0.25, 0.3) is 0 Å². The zero-order valence-electron chi connectivity index (χ0n) is 7.64. The van der Waals surface area contributed by atoms with Gasteiger partial charge >= 0.3 is 0 Å². The van der Waals surface area contributed by atoms with Crippen LogP contribution in [-0.2, 0) is 0 Å². The van der Waals surface area contributed by atoms with Gasteiger partial charge in [0, 0.05) is 21.3 Å². The van der Waals surface area contributed by atoms with E-state index in [1.807, 2.05) is 0 Å². The summed E-state index contributed by atoms with van der Waals surface area (Å²) in [5, 5.41) is 17.3. The molecule has 0 radical (unpaired) electrons. The molecule has 0 fully saturated rings. The maximum Gasteiger partial charge on any atom is 0.0475 e. The summed E-state index contributed by atoms with van der Waals surface area (Å²) in [4.78, 5) is 0. The van der Waals surface area contributed by atoms with Gasteiger partial charge in [-0.05, 0) is 12.8 Å². The molecule has 11 heavy (non-hydrogen) atoms. The van der Waals surface area contributed by atoms with E-state index in [1.54, 1.807) is 0 Å². The van der Waals surface area contributed by atoms with Crippen LogP contribution in [0.1, 0.15) is 12.8 Å². The molecular weight excluding hydrogens is 156 g/mol. The molecule has 0 aromatic rings. The molecule has 0 aromatic carbocycles. The van der Waals surface area contributed by atoms with E-state index in [0.717, 1.165) is 12.8 Å². The van der Waals surface area contributed by atoms with E-state index in [1.165, 1.54) is 12.1 Å². The second kappa shape index (κ2) is 5.74. The van der Waals surface area contributed by atoms with Gasteiger partial charge in [-0.15, -0.1) is 0 Å². The fraction of sp³-hybridized carbons (Fsp3) is 1.00. The molecule has 0 saturated heterocycles. The monoisotopic (exact) mass is 176 g/mol. The van der Waals surface area contributed by atoms with Crippen molar-refractivity contribution in [2.75, 3.05) is 13.2 Å². The largest absolute Gasteiger partial charge is 0.396 e. The van der Waals surface area contributed by atoms with Gasteiger partial charge in [0.2, 0.25) is 0 Å². The topological polar surface area (TPSA) is 40.5 Å². The first-order chi connectivity index (χ1) is 5.12. The smallest absolute Gasteiger partial charge is 0.0475 e. The molecule has 3 heteroatoms. The van der Waals surface area contributed by atoms with Crippen molar-refractivity contribution in [3.63, 3.8) is 0 Å². The van der Waals surface area contributed by atoms with E-state index in [2.05, 4.69) is 13.1 Å². The Labute approximate surface area is 70.3 Å². The Bertz CT molecular complexity index is 84.1. The van der Waals surface area contributed by atoms with Crippen molar-refractivity contribution < 1.29 is 10.2 Å². The van der Waals surface area contributed by atoms with Gasteiger partial charge in [0.15, 0.2) is 0 Å². The third-order valence-corrected chi connectivity index (χ3v) is 5.44. The highest BCUT2D eigenvalue weighted by Crippen LogP contribution is 2.18. The number of hydrogen-bond donors (Lipinski definition) is 2. The highest BCUT2D eigenvalue weighted by molar-refractivity contribution is 6.77. The molecule has 0 unspecified atom stereocenters. The maximum absolute atomic E-state index is 8.63. The van der Waals surface area contributed by atoms with Crippen LogP contribution in [0.3, 0.4) is 0 Å². The quantitative estimate of drug-likeness (QED) is 0.602. The Kier molecular flexibility index (Phi) is 5.82. The number of aliphatic hydroxyl groups is 2. The Hall–Kier alpha value is 0.137. The summed E-state index contributed by atoms with van der Waals surface area (Å²) >= 11 is 0. The van der Waals surface area contributed by atoms with Crippen molar-refractivity contribution in [3.8, 4) is 0 Å². The van der Waals surface area contributed by atoms with E-state index in [0.29, 0.717) is 13.2 Å². The van der Waals surface area contributed by atoms with Gasteiger partial charge in [-0.25, -0.2) is 0 Å². The van der Waals surface area contributed by atoms with Crippen molar-refractivity contribution in [2.24, 2.45) is 0 Å². The molecule has 0 saturated carbocycles. The van der Waals surface area contributed by atoms with Gasteiger partial charge in [0.05, 0.1) is 0 Å². The first-order valence-electron chi connectivity index (χ1n) is 4.34. The van der Waals surface area contributed by atoms with Crippen molar-refractivity contribution >= 4 is 8.07 Å². The molecule has 0 aliphatic heterocycles. The van der Waals surface area contributed by atoms with E-state index in [4.69, 9.17) is 10.2 Å². The van der Waals surface area contributed by atoms with Crippen LogP contribution in [0.4, 0.5) is 0 Å². The number of rotatable bonds is 6. The standard InChI is InChI=1S/C8H20O2Si/c1-11(2,7-3-5-9)8-4-6-10/h9-10H,3-8H2,1-2H3. The summed E-state index contributed by atoms with van der Waals surface area (Å²) in [6.45, 7) is 5.27. The van der Waals surface area contributed by atoms with Gasteiger partial charge in [0.25, 0.3) is 0 Å². The van der Waals surface area contributed by atoms with Crippen molar-refractivity contribution in [1.29, 1.82) is 0 Å². The van der Waals surface area contributed by atoms with Crippen LogP contribution < -0.4 is 0 Å². The normalized spacial score (nSPS) is 12.0. The average Bonchev–Trinajstić information content (AvgIpc) is 1.97. The fourth-order valence-electron chi connectivity index (χ4n) is 1.24. The van der Waals surface area contributed by atoms with Crippen molar-refractivity contribution in [2.45, 2.75) is 38.0 Å². The average molecular weight is 176 g/mol. The Morgan fingerprint density at radius 2 is 1.27 bits per heavy atom. The highest BCUT2D eigenvalue weighted by Gasteiger charge is 2.18. The lowest BCUT2D eigenvalue weighted by Gasteiger charge is -2.20. The Balaban J connectivity index is 3.43. The van der Waals surface area contributed by atoms with Gasteiger partial charge in [0.1, 0.15) is 0 Å². The van der Waals surface area contributed by atoms with E-state index >= 15 is 0 Å². The van der Waals surface area contributed by atoms with Crippen LogP contribution in [0.5, 0.6) is 0 Å². The van der Waals surface area contributed by atoms with Crippen molar-refractivity contribution in [3.05, 3.63) is 0 Å². The zero-order valence-corrected chi connectivity index (χ0v) is 8.64. The molecule has 0 spiro atoms. The summed E-state index contributed by atoms with van der Waals surface area (Å²) in [7, 11) is -1.07. The third-order valence-electron chi connectivity index (χ3n) is 2.02. The van der Waals surface area contributed by atoms with Gasteiger partial charge in [-0.2, -0.15) is 0 Å². The summed E-state index contributed by atoms with van der Waals surface area (Å²) in [6, 6.07) is 2.37. The molecule has 0 atom stereocenters. The first-order valence-corrected chi connectivity index (χ1v) is 7.75. The summed E-state index contributed by atoms with van der Waals surface area (Å²) in [5.41, 5.74) is 0. The summed E-state index contributed by atoms with van der Waals surface area (Å²) < 4.78 is 0. The summed E-state index contributed by atoms with van der Waals surface area (Å²) in [5.74, 6) is 0. The van der Waals surface area contributed by atoms with Gasteiger partial charge < -0.3 is 10.2 Å². The lowest BCUT2D eigenvalue weighted by atomic mass is 10.5. The van der Waals surface area contributed by atoms with Gasteiger partial charge in [-0.1, -0.05) is 25.2 Å². The summed E-state index contributed by atoms with van der Waals surface area (Å²) in [6.07, 6.45) is 1.87. The van der Waals surface area contributed by atoms with E-state index < -0.39 is 8.07 Å². The lowest BCUT2D eigenvalue weighted by Crippen LogP contribution is -2.25. The SMILES string of the molecule is C[Si](C)(CCCO)CCCO. The molecule has 2 nitrogen and oxygen atoms in total. The molecule has 0 amide bonds. The van der Waals surface area contributed by atoms with Crippen LogP contribution in [0, 0.1) is 0 Å². The molecule has 0 aliphatic rings. The minimum Gasteiger partial charge on any atom is -0.396 e.